The Bertz CT molecular complexity index is 2170. The molecule has 5 heterocycles. The maximum atomic E-state index is 17.0. The average Bonchev–Trinajstić information content (AvgIpc) is 3.84. The molecule has 16 heteroatoms. The van der Waals surface area contributed by atoms with Gasteiger partial charge in [-0.3, -0.25) is 4.79 Å². The molecule has 1 amide bonds. The lowest BCUT2D eigenvalue weighted by atomic mass is 9.95. The molecule has 278 valence electrons. The van der Waals surface area contributed by atoms with Crippen molar-refractivity contribution >= 4 is 39.2 Å². The van der Waals surface area contributed by atoms with E-state index >= 15 is 4.39 Å². The lowest BCUT2D eigenvalue weighted by molar-refractivity contribution is -0.188. The van der Waals surface area contributed by atoms with Gasteiger partial charge in [0.2, 0.25) is 0 Å². The normalized spacial score (nSPS) is 21.7. The highest BCUT2D eigenvalue weighted by atomic mass is 19.4. The first kappa shape index (κ1) is 35.0. The number of piperazine rings is 1. The molecule has 4 aromatic rings. The van der Waals surface area contributed by atoms with E-state index in [1.54, 1.807) is 4.90 Å². The minimum absolute atomic E-state index is 0.0309. The number of aromatic hydroxyl groups is 1. The minimum atomic E-state index is -5.04. The fraction of sp³-hybridized carbons (Fsp3) is 0.459. The molecule has 53 heavy (non-hydrogen) atoms. The molecular weight excluding hydrogens is 704 g/mol. The molecular formula is C37H35F6N7O3. The van der Waals surface area contributed by atoms with Crippen LogP contribution in [0.2, 0.25) is 0 Å². The third kappa shape index (κ3) is 6.28. The Morgan fingerprint density at radius 2 is 1.74 bits per heavy atom. The van der Waals surface area contributed by atoms with E-state index in [1.807, 2.05) is 0 Å². The minimum Gasteiger partial charge on any atom is -0.508 e. The molecule has 2 aromatic carbocycles. The maximum absolute atomic E-state index is 17.0. The molecule has 0 unspecified atom stereocenters. The quantitative estimate of drug-likeness (QED) is 0.181. The summed E-state index contributed by atoms with van der Waals surface area (Å²) in [5.41, 5.74) is 5.35. The number of fused-ring (bicyclic) bond motifs is 4. The molecule has 2 bridgehead atoms. The molecule has 1 aliphatic carbocycles. The Morgan fingerprint density at radius 3 is 2.38 bits per heavy atom. The van der Waals surface area contributed by atoms with Gasteiger partial charge in [0.15, 0.2) is 5.82 Å². The summed E-state index contributed by atoms with van der Waals surface area (Å²) in [7, 11) is 0. The molecule has 2 atom stereocenters. The first-order chi connectivity index (χ1) is 25.2. The summed E-state index contributed by atoms with van der Waals surface area (Å²) in [6, 6.07) is 3.24. The summed E-state index contributed by atoms with van der Waals surface area (Å²) in [5, 5.41) is 11.0. The number of phenolic OH excluding ortho intramolecular Hbond substituents is 1. The van der Waals surface area contributed by atoms with Gasteiger partial charge in [0, 0.05) is 49.1 Å². The highest BCUT2D eigenvalue weighted by molar-refractivity contribution is 6.05. The molecule has 3 saturated heterocycles. The van der Waals surface area contributed by atoms with E-state index in [9.17, 15) is 31.9 Å². The van der Waals surface area contributed by atoms with Crippen molar-refractivity contribution < 1.29 is 41.0 Å². The lowest BCUT2D eigenvalue weighted by Gasteiger charge is -2.42. The zero-order chi connectivity index (χ0) is 37.4. The number of nitrogens with zero attached hydrogens (tertiary/aromatic N) is 6. The number of nitrogen functional groups attached to an aromatic ring is 1. The summed E-state index contributed by atoms with van der Waals surface area (Å²) in [6.45, 7) is 1.99. The van der Waals surface area contributed by atoms with Crippen molar-refractivity contribution in [3.8, 4) is 35.4 Å². The van der Waals surface area contributed by atoms with Gasteiger partial charge in [0.1, 0.15) is 40.6 Å². The molecule has 4 fully saturated rings. The number of benzene rings is 2. The first-order valence-electron chi connectivity index (χ1n) is 17.5. The van der Waals surface area contributed by atoms with Crippen LogP contribution in [0.5, 0.6) is 11.8 Å². The van der Waals surface area contributed by atoms with E-state index in [2.05, 4.69) is 25.8 Å². The summed E-state index contributed by atoms with van der Waals surface area (Å²) < 4.78 is 92.5. The number of amides is 1. The van der Waals surface area contributed by atoms with Crippen molar-refractivity contribution in [3.63, 3.8) is 0 Å². The van der Waals surface area contributed by atoms with Crippen LogP contribution in [-0.2, 0) is 4.79 Å². The van der Waals surface area contributed by atoms with E-state index in [-0.39, 0.29) is 81.6 Å². The number of alkyl halides is 4. The van der Waals surface area contributed by atoms with Crippen LogP contribution in [0, 0.1) is 29.4 Å². The fourth-order valence-corrected chi connectivity index (χ4v) is 8.22. The molecule has 8 rings (SSSR count). The zero-order valence-electron chi connectivity index (χ0n) is 28.4. The standard InChI is InChI=1S/C37H35F6N7O3/c1-2-24-26(39)6-3-19-13-23(51)14-25(27(19)24)30-29(40)31-28(32(44)45-30)33(49-15-21-4-5-22(16-49)50(21)34(52)37(41,42)43)47-35(46-31)53-18-36(9-10-36)17-48-11-7-20(38)8-12-48/h1,3,6,13-14,20-22,51H,4-5,7-12,15-18H2,(H2,44,45)/t21-,22+. The summed E-state index contributed by atoms with van der Waals surface area (Å²) >= 11 is 0. The van der Waals surface area contributed by atoms with E-state index in [0.717, 1.165) is 23.8 Å². The van der Waals surface area contributed by atoms with Crippen LogP contribution < -0.4 is 15.4 Å². The SMILES string of the molecule is C#Cc1c(F)ccc2cc(O)cc(-c3nc(N)c4c(N5C[C@H]6CC[C@@H](C5)N6C(=O)C(F)(F)F)nc(OCC5(CN6CCC(F)CC6)CC5)nc4c3F)c12. The smallest absolute Gasteiger partial charge is 0.471 e. The van der Waals surface area contributed by atoms with Gasteiger partial charge in [-0.25, -0.2) is 18.2 Å². The number of halogens is 6. The zero-order valence-corrected chi connectivity index (χ0v) is 28.4. The number of rotatable bonds is 7. The lowest BCUT2D eigenvalue weighted by Crippen LogP contribution is -2.59. The molecule has 1 saturated carbocycles. The number of carbonyl (C=O) groups excluding carboxylic acids is 1. The number of hydrogen-bond acceptors (Lipinski definition) is 9. The second-order valence-corrected chi connectivity index (χ2v) is 14.6. The number of likely N-dealkylation sites (tertiary alicyclic amines) is 1. The van der Waals surface area contributed by atoms with E-state index in [1.165, 1.54) is 18.2 Å². The summed E-state index contributed by atoms with van der Waals surface area (Å²) in [5.74, 6) is -1.83. The van der Waals surface area contributed by atoms with E-state index in [0.29, 0.717) is 50.7 Å². The number of ether oxygens (including phenoxy) is 1. The molecule has 0 spiro atoms. The van der Waals surface area contributed by atoms with Crippen molar-refractivity contribution in [3.05, 3.63) is 41.5 Å². The number of phenols is 1. The van der Waals surface area contributed by atoms with Crippen LogP contribution in [0.1, 0.15) is 44.1 Å². The van der Waals surface area contributed by atoms with Gasteiger partial charge in [0.05, 0.1) is 29.6 Å². The van der Waals surface area contributed by atoms with Crippen LogP contribution in [0.3, 0.4) is 0 Å². The number of pyridine rings is 1. The number of terminal acetylenes is 1. The Hall–Kier alpha value is -5.04. The maximum Gasteiger partial charge on any atom is 0.471 e. The Kier molecular flexibility index (Phi) is 8.47. The van der Waals surface area contributed by atoms with Gasteiger partial charge in [-0.15, -0.1) is 6.42 Å². The number of hydrogen-bond donors (Lipinski definition) is 2. The average molecular weight is 740 g/mol. The summed E-state index contributed by atoms with van der Waals surface area (Å²) in [6.07, 6.45) is 3.04. The number of piperidine rings is 1. The van der Waals surface area contributed by atoms with Gasteiger partial charge in [-0.2, -0.15) is 23.1 Å². The highest BCUT2D eigenvalue weighted by Gasteiger charge is 2.52. The van der Waals surface area contributed by atoms with Gasteiger partial charge in [-0.05, 0) is 62.1 Å². The van der Waals surface area contributed by atoms with E-state index in [4.69, 9.17) is 16.9 Å². The van der Waals surface area contributed by atoms with Crippen LogP contribution >= 0.6 is 0 Å². The predicted molar refractivity (Wildman–Crippen MR) is 184 cm³/mol. The molecule has 2 aromatic heterocycles. The number of anilines is 2. The second-order valence-electron chi connectivity index (χ2n) is 14.6. The second kappa shape index (κ2) is 12.8. The van der Waals surface area contributed by atoms with Gasteiger partial charge < -0.3 is 30.3 Å². The third-order valence-corrected chi connectivity index (χ3v) is 11.0. The molecule has 10 nitrogen and oxygen atoms in total. The largest absolute Gasteiger partial charge is 0.508 e. The van der Waals surface area contributed by atoms with Crippen LogP contribution in [-0.4, -0.2) is 99.5 Å². The molecule has 3 aliphatic heterocycles. The molecule has 3 N–H and O–H groups in total. The first-order valence-corrected chi connectivity index (χ1v) is 17.5. The van der Waals surface area contributed by atoms with Gasteiger partial charge in [-0.1, -0.05) is 12.0 Å². The van der Waals surface area contributed by atoms with Crippen molar-refractivity contribution in [2.45, 2.75) is 63.0 Å². The van der Waals surface area contributed by atoms with Gasteiger partial charge in [0.25, 0.3) is 0 Å². The third-order valence-electron chi connectivity index (χ3n) is 11.0. The highest BCUT2D eigenvalue weighted by Crippen LogP contribution is 2.48. The molecule has 4 aliphatic rings. The fourth-order valence-electron chi connectivity index (χ4n) is 8.22. The van der Waals surface area contributed by atoms with Crippen LogP contribution in [0.4, 0.5) is 38.0 Å². The van der Waals surface area contributed by atoms with Crippen molar-refractivity contribution in [2.24, 2.45) is 5.41 Å². The molecule has 0 radical (unpaired) electrons. The van der Waals surface area contributed by atoms with E-state index < -0.39 is 42.0 Å². The van der Waals surface area contributed by atoms with Crippen molar-refractivity contribution in [1.29, 1.82) is 0 Å². The Morgan fingerprint density at radius 1 is 1.04 bits per heavy atom. The number of carbonyl (C=O) groups is 1. The summed E-state index contributed by atoms with van der Waals surface area (Å²) in [4.78, 5) is 30.5. The van der Waals surface area contributed by atoms with Crippen molar-refractivity contribution in [2.75, 3.05) is 50.0 Å². The monoisotopic (exact) mass is 739 g/mol. The van der Waals surface area contributed by atoms with Crippen LogP contribution in [0.15, 0.2) is 24.3 Å². The topological polar surface area (TPSA) is 121 Å². The van der Waals surface area contributed by atoms with Crippen LogP contribution in [0.25, 0.3) is 32.9 Å². The van der Waals surface area contributed by atoms with Gasteiger partial charge >= 0.3 is 18.1 Å². The number of aromatic nitrogens is 3. The number of nitrogens with two attached hydrogens (primary N) is 1. The predicted octanol–water partition coefficient (Wildman–Crippen LogP) is 5.73. The Labute approximate surface area is 299 Å². The van der Waals surface area contributed by atoms with Crippen molar-refractivity contribution in [1.82, 2.24) is 24.8 Å². The Balaban J connectivity index is 1.22.